The molecule has 0 saturated heterocycles. The molecule has 0 spiro atoms. The summed E-state index contributed by atoms with van der Waals surface area (Å²) in [5.74, 6) is 1.94. The largest absolute Gasteiger partial charge is 0.489 e. The van der Waals surface area contributed by atoms with Crippen molar-refractivity contribution in [3.8, 4) is 11.5 Å². The molecule has 32 heavy (non-hydrogen) atoms. The van der Waals surface area contributed by atoms with Gasteiger partial charge in [-0.05, 0) is 60.2 Å². The third-order valence-corrected chi connectivity index (χ3v) is 4.68. The van der Waals surface area contributed by atoms with Crippen molar-refractivity contribution in [1.82, 2.24) is 10.1 Å². The number of carbonyl (C=O) groups excluding carboxylic acids is 1. The van der Waals surface area contributed by atoms with Gasteiger partial charge in [-0.1, -0.05) is 35.0 Å². The summed E-state index contributed by atoms with van der Waals surface area (Å²) >= 11 is 6.00. The zero-order valence-corrected chi connectivity index (χ0v) is 18.0. The van der Waals surface area contributed by atoms with Crippen LogP contribution in [0.25, 0.3) is 0 Å². The first kappa shape index (κ1) is 21.4. The van der Waals surface area contributed by atoms with Gasteiger partial charge in [-0.15, -0.1) is 0 Å². The van der Waals surface area contributed by atoms with Gasteiger partial charge in [0, 0.05) is 23.2 Å². The maximum absolute atomic E-state index is 12.6. The van der Waals surface area contributed by atoms with Crippen LogP contribution in [0.3, 0.4) is 0 Å². The van der Waals surface area contributed by atoms with Crippen molar-refractivity contribution in [2.45, 2.75) is 20.1 Å². The van der Waals surface area contributed by atoms with Crippen LogP contribution in [0.1, 0.15) is 27.6 Å². The quantitative estimate of drug-likeness (QED) is 0.385. The predicted molar refractivity (Wildman–Crippen MR) is 120 cm³/mol. The molecule has 4 aromatic rings. The van der Waals surface area contributed by atoms with Gasteiger partial charge in [-0.2, -0.15) is 4.98 Å². The minimum absolute atomic E-state index is 0.199. The van der Waals surface area contributed by atoms with E-state index in [2.05, 4.69) is 15.5 Å². The maximum Gasteiger partial charge on any atom is 0.255 e. The molecule has 0 bridgehead atoms. The van der Waals surface area contributed by atoms with E-state index in [-0.39, 0.29) is 12.5 Å². The fourth-order valence-electron chi connectivity index (χ4n) is 2.91. The lowest BCUT2D eigenvalue weighted by atomic mass is 10.2. The number of ether oxygens (including phenoxy) is 2. The van der Waals surface area contributed by atoms with E-state index in [4.69, 9.17) is 25.6 Å². The number of benzene rings is 3. The van der Waals surface area contributed by atoms with E-state index in [1.54, 1.807) is 55.5 Å². The Bertz CT molecular complexity index is 1210. The van der Waals surface area contributed by atoms with Crippen LogP contribution < -0.4 is 14.8 Å². The molecule has 8 heteroatoms. The van der Waals surface area contributed by atoms with E-state index >= 15 is 0 Å². The third-order valence-electron chi connectivity index (χ3n) is 4.44. The first-order valence-electron chi connectivity index (χ1n) is 9.86. The van der Waals surface area contributed by atoms with E-state index in [1.165, 1.54) is 0 Å². The Hall–Kier alpha value is -3.84. The van der Waals surface area contributed by atoms with Crippen molar-refractivity contribution in [1.29, 1.82) is 0 Å². The molecule has 0 unspecified atom stereocenters. The Morgan fingerprint density at radius 2 is 1.75 bits per heavy atom. The Morgan fingerprint density at radius 3 is 2.50 bits per heavy atom. The number of hydrogen-bond donors (Lipinski definition) is 1. The van der Waals surface area contributed by atoms with E-state index in [0.717, 1.165) is 5.56 Å². The second-order valence-corrected chi connectivity index (χ2v) is 7.38. The average molecular weight is 450 g/mol. The van der Waals surface area contributed by atoms with Crippen molar-refractivity contribution >= 4 is 23.2 Å². The summed E-state index contributed by atoms with van der Waals surface area (Å²) in [7, 11) is 0. The molecule has 1 aromatic heterocycles. The summed E-state index contributed by atoms with van der Waals surface area (Å²) in [5, 5.41) is 7.30. The lowest BCUT2D eigenvalue weighted by Crippen LogP contribution is -2.12. The van der Waals surface area contributed by atoms with Crippen LogP contribution in [-0.2, 0) is 13.2 Å². The maximum atomic E-state index is 12.6. The molecule has 0 aliphatic rings. The molecule has 0 fully saturated rings. The second-order valence-electron chi connectivity index (χ2n) is 6.94. The Kier molecular flexibility index (Phi) is 6.67. The van der Waals surface area contributed by atoms with Crippen LogP contribution >= 0.6 is 11.6 Å². The number of nitrogens with one attached hydrogen (secondary N) is 1. The van der Waals surface area contributed by atoms with Gasteiger partial charge in [0.25, 0.3) is 5.91 Å². The van der Waals surface area contributed by atoms with Gasteiger partial charge in [-0.25, -0.2) is 0 Å². The lowest BCUT2D eigenvalue weighted by Gasteiger charge is -2.10. The summed E-state index contributed by atoms with van der Waals surface area (Å²) in [5.41, 5.74) is 2.08. The van der Waals surface area contributed by atoms with E-state index < -0.39 is 0 Å². The molecule has 4 rings (SSSR count). The molecule has 7 nitrogen and oxygen atoms in total. The number of hydrogen-bond acceptors (Lipinski definition) is 6. The van der Waals surface area contributed by atoms with Gasteiger partial charge in [0.2, 0.25) is 11.7 Å². The normalized spacial score (nSPS) is 10.6. The molecular formula is C24H20ClN3O4. The first-order chi connectivity index (χ1) is 15.5. The van der Waals surface area contributed by atoms with Gasteiger partial charge in [0.05, 0.1) is 0 Å². The molecule has 0 atom stereocenters. The van der Waals surface area contributed by atoms with Gasteiger partial charge < -0.3 is 19.3 Å². The highest BCUT2D eigenvalue weighted by Crippen LogP contribution is 2.20. The second kappa shape index (κ2) is 9.98. The van der Waals surface area contributed by atoms with E-state index in [0.29, 0.717) is 46.1 Å². The standard InChI is InChI=1S/C24H20ClN3O4/c1-16-26-23(28-32-16)15-31-21-10-8-20(9-11-21)27-24(29)18-5-3-7-22(13-18)30-14-17-4-2-6-19(25)12-17/h2-13H,14-15H2,1H3,(H,27,29). The van der Waals surface area contributed by atoms with Gasteiger partial charge in [0.1, 0.15) is 18.1 Å². The molecule has 3 aromatic carbocycles. The Balaban J connectivity index is 1.32. The fraction of sp³-hybridized carbons (Fsp3) is 0.125. The van der Waals surface area contributed by atoms with Crippen LogP contribution in [0.15, 0.2) is 77.3 Å². The Labute approximate surface area is 189 Å². The minimum atomic E-state index is -0.242. The van der Waals surface area contributed by atoms with Gasteiger partial charge in [-0.3, -0.25) is 4.79 Å². The highest BCUT2D eigenvalue weighted by atomic mass is 35.5. The highest BCUT2D eigenvalue weighted by Gasteiger charge is 2.09. The van der Waals surface area contributed by atoms with Crippen molar-refractivity contribution < 1.29 is 18.8 Å². The van der Waals surface area contributed by atoms with Gasteiger partial charge >= 0.3 is 0 Å². The predicted octanol–water partition coefficient (Wildman–Crippen LogP) is 5.44. The van der Waals surface area contributed by atoms with E-state index in [1.807, 2.05) is 24.3 Å². The summed E-state index contributed by atoms with van der Waals surface area (Å²) in [6.45, 7) is 2.27. The van der Waals surface area contributed by atoms with Crippen LogP contribution in [0.2, 0.25) is 5.02 Å². The van der Waals surface area contributed by atoms with Crippen molar-refractivity contribution in [3.05, 3.63) is 101 Å². The number of halogens is 1. The molecule has 1 amide bonds. The molecule has 1 heterocycles. The van der Waals surface area contributed by atoms with Crippen LogP contribution in [0, 0.1) is 6.92 Å². The van der Waals surface area contributed by atoms with Crippen molar-refractivity contribution in [2.24, 2.45) is 0 Å². The fourth-order valence-corrected chi connectivity index (χ4v) is 3.12. The lowest BCUT2D eigenvalue weighted by molar-refractivity contribution is 0.102. The molecular weight excluding hydrogens is 430 g/mol. The number of aromatic nitrogens is 2. The number of carbonyl (C=O) groups is 1. The van der Waals surface area contributed by atoms with Crippen molar-refractivity contribution in [2.75, 3.05) is 5.32 Å². The summed E-state index contributed by atoms with van der Waals surface area (Å²) in [4.78, 5) is 16.7. The molecule has 0 saturated carbocycles. The minimum Gasteiger partial charge on any atom is -0.489 e. The third kappa shape index (κ3) is 5.86. The molecule has 0 aliphatic carbocycles. The summed E-state index contributed by atoms with van der Waals surface area (Å²) in [6.07, 6.45) is 0. The molecule has 0 aliphatic heterocycles. The zero-order valence-electron chi connectivity index (χ0n) is 17.2. The SMILES string of the molecule is Cc1nc(COc2ccc(NC(=O)c3cccc(OCc4cccc(Cl)c4)c3)cc2)no1. The summed E-state index contributed by atoms with van der Waals surface area (Å²) in [6, 6.07) is 21.5. The van der Waals surface area contributed by atoms with Crippen LogP contribution in [-0.4, -0.2) is 16.0 Å². The number of anilines is 1. The average Bonchev–Trinajstić information content (AvgIpc) is 3.22. The van der Waals surface area contributed by atoms with Crippen molar-refractivity contribution in [3.63, 3.8) is 0 Å². The highest BCUT2D eigenvalue weighted by molar-refractivity contribution is 6.30. The van der Waals surface area contributed by atoms with Crippen LogP contribution in [0.4, 0.5) is 5.69 Å². The summed E-state index contributed by atoms with van der Waals surface area (Å²) < 4.78 is 16.3. The number of rotatable bonds is 8. The van der Waals surface area contributed by atoms with E-state index in [9.17, 15) is 4.79 Å². The smallest absolute Gasteiger partial charge is 0.255 e. The molecule has 162 valence electrons. The molecule has 0 radical (unpaired) electrons. The number of amides is 1. The number of nitrogens with zero attached hydrogens (tertiary/aromatic N) is 2. The van der Waals surface area contributed by atoms with Gasteiger partial charge in [0.15, 0.2) is 6.61 Å². The first-order valence-corrected chi connectivity index (χ1v) is 10.2. The van der Waals surface area contributed by atoms with Crippen LogP contribution in [0.5, 0.6) is 11.5 Å². The monoisotopic (exact) mass is 449 g/mol. The molecule has 1 N–H and O–H groups in total. The Morgan fingerprint density at radius 1 is 0.969 bits per heavy atom. The number of aryl methyl sites for hydroxylation is 1. The zero-order chi connectivity index (χ0) is 22.3. The topological polar surface area (TPSA) is 86.5 Å².